The highest BCUT2D eigenvalue weighted by molar-refractivity contribution is 5.94. The van der Waals surface area contributed by atoms with E-state index in [0.717, 1.165) is 25.1 Å². The first-order chi connectivity index (χ1) is 6.77. The predicted octanol–water partition coefficient (Wildman–Crippen LogP) is 1.17. The summed E-state index contributed by atoms with van der Waals surface area (Å²) >= 11 is 0. The number of carbonyl (C=O) groups is 1. The van der Waals surface area contributed by atoms with E-state index in [9.17, 15) is 4.79 Å². The number of aromatic nitrogens is 1. The monoisotopic (exact) mass is 194 g/mol. The smallest absolute Gasteiger partial charge is 0.164 e. The van der Waals surface area contributed by atoms with Gasteiger partial charge in [0.05, 0.1) is 11.8 Å². The van der Waals surface area contributed by atoms with Gasteiger partial charge in [-0.2, -0.15) is 0 Å². The van der Waals surface area contributed by atoms with Crippen molar-refractivity contribution in [2.45, 2.75) is 32.2 Å². The lowest BCUT2D eigenvalue weighted by atomic mass is 10.1. The van der Waals surface area contributed by atoms with E-state index in [1.54, 1.807) is 0 Å². The fraction of sp³-hybridized carbons (Fsp3) is 0.600. The van der Waals surface area contributed by atoms with Crippen molar-refractivity contribution in [3.8, 4) is 0 Å². The molecule has 0 saturated carbocycles. The van der Waals surface area contributed by atoms with E-state index in [4.69, 9.17) is 4.52 Å². The molecular formula is C10H14N2O2. The summed E-state index contributed by atoms with van der Waals surface area (Å²) in [6.07, 6.45) is 4.63. The molecule has 0 aromatic carbocycles. The van der Waals surface area contributed by atoms with Gasteiger partial charge in [0.15, 0.2) is 5.78 Å². The van der Waals surface area contributed by atoms with E-state index in [-0.39, 0.29) is 5.78 Å². The lowest BCUT2D eigenvalue weighted by Gasteiger charge is -2.07. The summed E-state index contributed by atoms with van der Waals surface area (Å²) in [5.41, 5.74) is 0.624. The fourth-order valence-corrected chi connectivity index (χ4v) is 1.85. The van der Waals surface area contributed by atoms with Crippen LogP contribution in [0.3, 0.4) is 0 Å². The van der Waals surface area contributed by atoms with Gasteiger partial charge in [-0.25, -0.2) is 0 Å². The molecular weight excluding hydrogens is 180 g/mol. The van der Waals surface area contributed by atoms with Crippen LogP contribution in [0.1, 0.15) is 35.9 Å². The summed E-state index contributed by atoms with van der Waals surface area (Å²) in [5, 5.41) is 7.02. The zero-order valence-corrected chi connectivity index (χ0v) is 8.25. The second-order valence-electron chi connectivity index (χ2n) is 3.72. The van der Waals surface area contributed by atoms with Crippen LogP contribution in [-0.2, 0) is 6.42 Å². The Morgan fingerprint density at radius 2 is 2.64 bits per heavy atom. The third kappa shape index (κ3) is 1.85. The Morgan fingerprint density at radius 1 is 1.79 bits per heavy atom. The number of ketones is 1. The standard InChI is InChI=1S/C10H14N2O2/c1-7(13)9-6-12-14-10(9)5-8-3-2-4-11-8/h6,8,11H,2-5H2,1H3. The average Bonchev–Trinajstić information content (AvgIpc) is 2.75. The van der Waals surface area contributed by atoms with Gasteiger partial charge in [-0.3, -0.25) is 4.79 Å². The Bertz CT molecular complexity index is 327. The molecule has 2 heterocycles. The highest BCUT2D eigenvalue weighted by atomic mass is 16.5. The lowest BCUT2D eigenvalue weighted by Crippen LogP contribution is -2.24. The summed E-state index contributed by atoms with van der Waals surface area (Å²) in [6.45, 7) is 2.60. The topological polar surface area (TPSA) is 55.1 Å². The molecule has 4 heteroatoms. The zero-order valence-electron chi connectivity index (χ0n) is 8.25. The van der Waals surface area contributed by atoms with Crippen molar-refractivity contribution >= 4 is 5.78 Å². The molecule has 1 aromatic rings. The summed E-state index contributed by atoms with van der Waals surface area (Å²) in [4.78, 5) is 11.2. The third-order valence-electron chi connectivity index (χ3n) is 2.62. The van der Waals surface area contributed by atoms with Crippen molar-refractivity contribution in [3.63, 3.8) is 0 Å². The molecule has 0 bridgehead atoms. The Kier molecular flexibility index (Phi) is 2.63. The molecule has 1 fully saturated rings. The second kappa shape index (κ2) is 3.92. The van der Waals surface area contributed by atoms with E-state index in [2.05, 4.69) is 10.5 Å². The lowest BCUT2D eigenvalue weighted by molar-refractivity contribution is 0.101. The molecule has 2 rings (SSSR count). The third-order valence-corrected chi connectivity index (χ3v) is 2.62. The second-order valence-corrected chi connectivity index (χ2v) is 3.72. The Morgan fingerprint density at radius 3 is 3.29 bits per heavy atom. The number of nitrogens with one attached hydrogen (secondary N) is 1. The number of nitrogens with zero attached hydrogens (tertiary/aromatic N) is 1. The molecule has 0 amide bonds. The molecule has 76 valence electrons. The van der Waals surface area contributed by atoms with E-state index in [1.807, 2.05) is 0 Å². The van der Waals surface area contributed by atoms with Crippen LogP contribution in [-0.4, -0.2) is 23.5 Å². The summed E-state index contributed by atoms with van der Waals surface area (Å²) < 4.78 is 5.08. The van der Waals surface area contributed by atoms with Gasteiger partial charge in [0.1, 0.15) is 5.76 Å². The molecule has 1 unspecified atom stereocenters. The Labute approximate surface area is 82.7 Å². The Balaban J connectivity index is 2.07. The molecule has 1 N–H and O–H groups in total. The minimum atomic E-state index is 0.0271. The minimum absolute atomic E-state index is 0.0271. The van der Waals surface area contributed by atoms with E-state index in [1.165, 1.54) is 19.5 Å². The van der Waals surface area contributed by atoms with E-state index < -0.39 is 0 Å². The quantitative estimate of drug-likeness (QED) is 0.734. The molecule has 1 saturated heterocycles. The number of hydrogen-bond donors (Lipinski definition) is 1. The van der Waals surface area contributed by atoms with Crippen molar-refractivity contribution in [1.29, 1.82) is 0 Å². The van der Waals surface area contributed by atoms with Crippen molar-refractivity contribution < 1.29 is 9.32 Å². The van der Waals surface area contributed by atoms with Crippen LogP contribution < -0.4 is 5.32 Å². The number of rotatable bonds is 3. The first-order valence-electron chi connectivity index (χ1n) is 4.95. The zero-order chi connectivity index (χ0) is 9.97. The van der Waals surface area contributed by atoms with E-state index in [0.29, 0.717) is 11.6 Å². The molecule has 14 heavy (non-hydrogen) atoms. The number of carbonyl (C=O) groups excluding carboxylic acids is 1. The van der Waals surface area contributed by atoms with Crippen LogP contribution in [0.25, 0.3) is 0 Å². The average molecular weight is 194 g/mol. The molecule has 0 spiro atoms. The van der Waals surface area contributed by atoms with Crippen molar-refractivity contribution in [3.05, 3.63) is 17.5 Å². The molecule has 1 aliphatic heterocycles. The molecule has 4 nitrogen and oxygen atoms in total. The SMILES string of the molecule is CC(=O)c1cnoc1CC1CCCN1. The largest absolute Gasteiger partial charge is 0.361 e. The maximum absolute atomic E-state index is 11.2. The van der Waals surface area contributed by atoms with Crippen LogP contribution in [0.15, 0.2) is 10.7 Å². The van der Waals surface area contributed by atoms with Crippen LogP contribution >= 0.6 is 0 Å². The highest BCUT2D eigenvalue weighted by Crippen LogP contribution is 2.15. The molecule has 0 radical (unpaired) electrons. The fourth-order valence-electron chi connectivity index (χ4n) is 1.85. The minimum Gasteiger partial charge on any atom is -0.361 e. The molecule has 1 aliphatic rings. The first kappa shape index (κ1) is 9.40. The van der Waals surface area contributed by atoms with Gasteiger partial charge in [0.25, 0.3) is 0 Å². The normalized spacial score (nSPS) is 21.4. The first-order valence-corrected chi connectivity index (χ1v) is 4.95. The van der Waals surface area contributed by atoms with Gasteiger partial charge in [-0.1, -0.05) is 5.16 Å². The molecule has 1 aromatic heterocycles. The van der Waals surface area contributed by atoms with Gasteiger partial charge in [0.2, 0.25) is 0 Å². The maximum atomic E-state index is 11.2. The van der Waals surface area contributed by atoms with Crippen LogP contribution in [0, 0.1) is 0 Å². The van der Waals surface area contributed by atoms with Crippen LogP contribution in [0.4, 0.5) is 0 Å². The highest BCUT2D eigenvalue weighted by Gasteiger charge is 2.20. The summed E-state index contributed by atoms with van der Waals surface area (Å²) in [6, 6.07) is 0.445. The van der Waals surface area contributed by atoms with Crippen LogP contribution in [0.5, 0.6) is 0 Å². The summed E-state index contributed by atoms with van der Waals surface area (Å²) in [7, 11) is 0. The Hall–Kier alpha value is -1.16. The number of hydrogen-bond acceptors (Lipinski definition) is 4. The molecule has 0 aliphatic carbocycles. The van der Waals surface area contributed by atoms with Crippen molar-refractivity contribution in [1.82, 2.24) is 10.5 Å². The summed E-state index contributed by atoms with van der Waals surface area (Å²) in [5.74, 6) is 0.746. The van der Waals surface area contributed by atoms with Gasteiger partial charge in [-0.05, 0) is 26.3 Å². The molecule has 1 atom stereocenters. The van der Waals surface area contributed by atoms with Gasteiger partial charge in [-0.15, -0.1) is 0 Å². The van der Waals surface area contributed by atoms with Gasteiger partial charge >= 0.3 is 0 Å². The van der Waals surface area contributed by atoms with Crippen LogP contribution in [0.2, 0.25) is 0 Å². The predicted molar refractivity (Wildman–Crippen MR) is 51.2 cm³/mol. The maximum Gasteiger partial charge on any atom is 0.164 e. The number of Topliss-reactive ketones (excluding diaryl/α,β-unsaturated/α-hetero) is 1. The van der Waals surface area contributed by atoms with Crippen molar-refractivity contribution in [2.24, 2.45) is 0 Å². The van der Waals surface area contributed by atoms with Gasteiger partial charge in [0, 0.05) is 12.5 Å². The van der Waals surface area contributed by atoms with E-state index >= 15 is 0 Å². The van der Waals surface area contributed by atoms with Crippen molar-refractivity contribution in [2.75, 3.05) is 6.54 Å². The van der Waals surface area contributed by atoms with Gasteiger partial charge < -0.3 is 9.84 Å².